The Morgan fingerprint density at radius 2 is 1.89 bits per heavy atom. The van der Waals surface area contributed by atoms with Gasteiger partial charge in [0.2, 0.25) is 0 Å². The van der Waals surface area contributed by atoms with Gasteiger partial charge in [-0.3, -0.25) is 4.79 Å². The van der Waals surface area contributed by atoms with Crippen LogP contribution in [0.4, 0.5) is 0 Å². The zero-order valence-corrected chi connectivity index (χ0v) is 11.6. The Bertz CT molecular complexity index is 389. The van der Waals surface area contributed by atoms with Gasteiger partial charge in [0, 0.05) is 6.04 Å². The summed E-state index contributed by atoms with van der Waals surface area (Å²) in [5, 5.41) is 22.3. The number of nitrogens with one attached hydrogen (secondary N) is 1. The summed E-state index contributed by atoms with van der Waals surface area (Å²) >= 11 is 0. The van der Waals surface area contributed by atoms with Gasteiger partial charge in [0.25, 0.3) is 0 Å². The van der Waals surface area contributed by atoms with Crippen LogP contribution in [-0.4, -0.2) is 28.8 Å². The Balaban J connectivity index is 2.77. The molecule has 0 fully saturated rings. The summed E-state index contributed by atoms with van der Waals surface area (Å²) in [6.45, 7) is 4.77. The summed E-state index contributed by atoms with van der Waals surface area (Å²) in [5.41, 5.74) is 1.96. The second-order valence-corrected chi connectivity index (χ2v) is 4.70. The van der Waals surface area contributed by atoms with E-state index < -0.39 is 18.1 Å². The fraction of sp³-hybridized carbons (Fsp3) is 0.533. The first-order chi connectivity index (χ1) is 9.08. The third-order valence-electron chi connectivity index (χ3n) is 3.16. The second kappa shape index (κ2) is 7.92. The van der Waals surface area contributed by atoms with E-state index in [1.165, 1.54) is 5.56 Å². The summed E-state index contributed by atoms with van der Waals surface area (Å²) in [5.74, 6) is -0.905. The molecule has 4 heteroatoms. The van der Waals surface area contributed by atoms with Gasteiger partial charge in [-0.05, 0) is 30.5 Å². The summed E-state index contributed by atoms with van der Waals surface area (Å²) in [6, 6.07) is 7.22. The number of aliphatic carboxylic acids is 1. The van der Waals surface area contributed by atoms with E-state index in [9.17, 15) is 9.90 Å². The second-order valence-electron chi connectivity index (χ2n) is 4.70. The Morgan fingerprint density at radius 3 is 2.37 bits per heavy atom. The van der Waals surface area contributed by atoms with Crippen molar-refractivity contribution in [2.75, 3.05) is 6.54 Å². The minimum Gasteiger partial charge on any atom is -0.481 e. The first kappa shape index (κ1) is 15.7. The lowest BCUT2D eigenvalue weighted by atomic mass is 9.98. The van der Waals surface area contributed by atoms with Crippen LogP contribution in [0.15, 0.2) is 24.3 Å². The van der Waals surface area contributed by atoms with Crippen molar-refractivity contribution in [3.63, 3.8) is 0 Å². The summed E-state index contributed by atoms with van der Waals surface area (Å²) in [7, 11) is 0. The zero-order chi connectivity index (χ0) is 14.3. The lowest BCUT2D eigenvalue weighted by molar-refractivity contribution is -0.138. The van der Waals surface area contributed by atoms with Crippen LogP contribution >= 0.6 is 0 Å². The Morgan fingerprint density at radius 1 is 1.26 bits per heavy atom. The van der Waals surface area contributed by atoms with Crippen molar-refractivity contribution < 1.29 is 15.0 Å². The number of rotatable bonds is 8. The van der Waals surface area contributed by atoms with Gasteiger partial charge in [0.05, 0.1) is 12.5 Å². The van der Waals surface area contributed by atoms with Gasteiger partial charge in [-0.2, -0.15) is 0 Å². The maximum Gasteiger partial charge on any atom is 0.305 e. The van der Waals surface area contributed by atoms with Crippen LogP contribution < -0.4 is 5.32 Å². The number of carboxylic acid groups (broad SMARTS) is 1. The maximum atomic E-state index is 10.9. The molecule has 19 heavy (non-hydrogen) atoms. The lowest BCUT2D eigenvalue weighted by Gasteiger charge is -2.23. The molecular weight excluding hydrogens is 242 g/mol. The van der Waals surface area contributed by atoms with E-state index >= 15 is 0 Å². The van der Waals surface area contributed by atoms with Crippen LogP contribution in [0.3, 0.4) is 0 Å². The summed E-state index contributed by atoms with van der Waals surface area (Å²) in [6.07, 6.45) is 0.964. The molecule has 2 atom stereocenters. The SMILES string of the molecule is CCCNC(CC(=O)O)C(O)c1ccc(CC)cc1. The molecule has 0 saturated heterocycles. The fourth-order valence-electron chi connectivity index (χ4n) is 2.00. The third kappa shape index (κ3) is 5.01. The Labute approximate surface area is 114 Å². The first-order valence-corrected chi connectivity index (χ1v) is 6.80. The van der Waals surface area contributed by atoms with Crippen molar-refractivity contribution >= 4 is 5.97 Å². The number of hydrogen-bond donors (Lipinski definition) is 3. The van der Waals surface area contributed by atoms with Crippen LogP contribution in [-0.2, 0) is 11.2 Å². The van der Waals surface area contributed by atoms with E-state index in [0.717, 1.165) is 18.4 Å². The predicted molar refractivity (Wildman–Crippen MR) is 75.1 cm³/mol. The molecule has 0 aliphatic carbocycles. The molecule has 2 unspecified atom stereocenters. The van der Waals surface area contributed by atoms with Crippen molar-refractivity contribution in [2.24, 2.45) is 0 Å². The van der Waals surface area contributed by atoms with Gasteiger partial charge < -0.3 is 15.5 Å². The molecular formula is C15H23NO3. The topological polar surface area (TPSA) is 69.6 Å². The fourth-order valence-corrected chi connectivity index (χ4v) is 2.00. The molecule has 1 rings (SSSR count). The average molecular weight is 265 g/mol. The molecule has 0 aromatic heterocycles. The van der Waals surface area contributed by atoms with Crippen LogP contribution in [0.5, 0.6) is 0 Å². The van der Waals surface area contributed by atoms with Crippen molar-refractivity contribution in [3.05, 3.63) is 35.4 Å². The van der Waals surface area contributed by atoms with Crippen molar-refractivity contribution in [1.29, 1.82) is 0 Å². The predicted octanol–water partition coefficient (Wildman–Crippen LogP) is 2.13. The van der Waals surface area contributed by atoms with Crippen LogP contribution in [0.1, 0.15) is 43.9 Å². The van der Waals surface area contributed by atoms with Crippen LogP contribution in [0, 0.1) is 0 Å². The van der Waals surface area contributed by atoms with E-state index in [0.29, 0.717) is 6.54 Å². The number of aryl methyl sites for hydroxylation is 1. The molecule has 4 nitrogen and oxygen atoms in total. The van der Waals surface area contributed by atoms with Gasteiger partial charge in [-0.15, -0.1) is 0 Å². The molecule has 0 radical (unpaired) electrons. The minimum atomic E-state index is -0.905. The van der Waals surface area contributed by atoms with E-state index in [1.807, 2.05) is 31.2 Å². The molecule has 1 aromatic carbocycles. The molecule has 0 amide bonds. The molecule has 1 aromatic rings. The average Bonchev–Trinajstić information content (AvgIpc) is 2.42. The third-order valence-corrected chi connectivity index (χ3v) is 3.16. The van der Waals surface area contributed by atoms with Gasteiger partial charge in [0.15, 0.2) is 0 Å². The van der Waals surface area contributed by atoms with Gasteiger partial charge >= 0.3 is 5.97 Å². The monoisotopic (exact) mass is 265 g/mol. The Kier molecular flexibility index (Phi) is 6.53. The highest BCUT2D eigenvalue weighted by atomic mass is 16.4. The van der Waals surface area contributed by atoms with Gasteiger partial charge in [-0.1, -0.05) is 38.1 Å². The number of aliphatic hydroxyl groups is 1. The molecule has 106 valence electrons. The zero-order valence-electron chi connectivity index (χ0n) is 11.6. The highest BCUT2D eigenvalue weighted by Gasteiger charge is 2.22. The Hall–Kier alpha value is -1.39. The normalized spacial score (nSPS) is 14.1. The number of benzene rings is 1. The van der Waals surface area contributed by atoms with Gasteiger partial charge in [-0.25, -0.2) is 0 Å². The van der Waals surface area contributed by atoms with Crippen LogP contribution in [0.25, 0.3) is 0 Å². The van der Waals surface area contributed by atoms with E-state index in [-0.39, 0.29) is 6.42 Å². The van der Waals surface area contributed by atoms with Crippen molar-refractivity contribution in [1.82, 2.24) is 5.32 Å². The summed E-state index contributed by atoms with van der Waals surface area (Å²) in [4.78, 5) is 10.9. The standard InChI is InChI=1S/C15H23NO3/c1-3-9-16-13(10-14(17)18)15(19)12-7-5-11(4-2)6-8-12/h5-8,13,15-16,19H,3-4,9-10H2,1-2H3,(H,17,18). The molecule has 0 heterocycles. The van der Waals surface area contributed by atoms with Crippen molar-refractivity contribution in [2.45, 2.75) is 45.3 Å². The van der Waals surface area contributed by atoms with E-state index in [2.05, 4.69) is 12.2 Å². The lowest BCUT2D eigenvalue weighted by Crippen LogP contribution is -2.37. The highest BCUT2D eigenvalue weighted by molar-refractivity contribution is 5.67. The van der Waals surface area contributed by atoms with E-state index in [4.69, 9.17) is 5.11 Å². The number of aliphatic hydroxyl groups excluding tert-OH is 1. The molecule has 3 N–H and O–H groups in total. The largest absolute Gasteiger partial charge is 0.481 e. The smallest absolute Gasteiger partial charge is 0.305 e. The highest BCUT2D eigenvalue weighted by Crippen LogP contribution is 2.20. The van der Waals surface area contributed by atoms with Crippen LogP contribution in [0.2, 0.25) is 0 Å². The van der Waals surface area contributed by atoms with E-state index in [1.54, 1.807) is 0 Å². The summed E-state index contributed by atoms with van der Waals surface area (Å²) < 4.78 is 0. The maximum absolute atomic E-state index is 10.9. The molecule has 0 spiro atoms. The molecule has 0 aliphatic rings. The molecule has 0 aliphatic heterocycles. The number of carbonyl (C=O) groups is 1. The number of carboxylic acids is 1. The first-order valence-electron chi connectivity index (χ1n) is 6.80. The minimum absolute atomic E-state index is 0.0866. The van der Waals surface area contributed by atoms with Crippen molar-refractivity contribution in [3.8, 4) is 0 Å². The molecule has 0 bridgehead atoms. The quantitative estimate of drug-likeness (QED) is 0.673. The molecule has 0 saturated carbocycles. The number of hydrogen-bond acceptors (Lipinski definition) is 3. The van der Waals surface area contributed by atoms with Gasteiger partial charge in [0.1, 0.15) is 0 Å².